The second-order valence-corrected chi connectivity index (χ2v) is 5.07. The Morgan fingerprint density at radius 2 is 1.89 bits per heavy atom. The van der Waals surface area contributed by atoms with Crippen molar-refractivity contribution < 1.29 is 4.79 Å². The lowest BCUT2D eigenvalue weighted by Gasteiger charge is -2.06. The summed E-state index contributed by atoms with van der Waals surface area (Å²) in [5, 5.41) is 3.12. The average Bonchev–Trinajstić information content (AvgIpc) is 2.37. The van der Waals surface area contributed by atoms with Gasteiger partial charge in [0.05, 0.1) is 6.54 Å². The maximum Gasteiger partial charge on any atom is 0.181 e. The van der Waals surface area contributed by atoms with E-state index in [1.54, 1.807) is 0 Å². The van der Waals surface area contributed by atoms with Crippen LogP contribution in [0.25, 0.3) is 0 Å². The average molecular weight is 304 g/mol. The van der Waals surface area contributed by atoms with Crippen LogP contribution in [-0.4, -0.2) is 12.3 Å². The molecule has 2 rings (SSSR count). The lowest BCUT2D eigenvalue weighted by Crippen LogP contribution is -2.13. The van der Waals surface area contributed by atoms with Crippen molar-refractivity contribution in [1.29, 1.82) is 0 Å². The Hall–Kier alpha value is -1.61. The van der Waals surface area contributed by atoms with E-state index in [2.05, 4.69) is 21.2 Å². The molecular weight excluding hydrogens is 290 g/mol. The molecule has 0 saturated carbocycles. The van der Waals surface area contributed by atoms with Crippen molar-refractivity contribution in [3.63, 3.8) is 0 Å². The smallest absolute Gasteiger partial charge is 0.181 e. The van der Waals surface area contributed by atoms with E-state index in [-0.39, 0.29) is 5.78 Å². The molecule has 2 aromatic rings. The van der Waals surface area contributed by atoms with Crippen molar-refractivity contribution in [2.45, 2.75) is 6.92 Å². The Labute approximate surface area is 115 Å². The number of Topliss-reactive ketones (excluding diaryl/α,β-unsaturated/α-hetero) is 1. The molecule has 0 atom stereocenters. The van der Waals surface area contributed by atoms with E-state index < -0.39 is 0 Å². The zero-order valence-electron chi connectivity index (χ0n) is 10.1. The maximum absolute atomic E-state index is 11.9. The van der Waals surface area contributed by atoms with Crippen LogP contribution in [0.5, 0.6) is 0 Å². The van der Waals surface area contributed by atoms with Crippen molar-refractivity contribution >= 4 is 27.4 Å². The molecule has 92 valence electrons. The fourth-order valence-electron chi connectivity index (χ4n) is 1.62. The van der Waals surface area contributed by atoms with E-state index >= 15 is 0 Å². The normalized spacial score (nSPS) is 10.1. The van der Waals surface area contributed by atoms with Gasteiger partial charge in [0.25, 0.3) is 0 Å². The molecule has 0 saturated heterocycles. The molecule has 0 aliphatic rings. The molecule has 2 nitrogen and oxygen atoms in total. The Morgan fingerprint density at radius 1 is 1.17 bits per heavy atom. The minimum Gasteiger partial charge on any atom is -0.378 e. The number of hydrogen-bond acceptors (Lipinski definition) is 2. The zero-order valence-corrected chi connectivity index (χ0v) is 11.7. The number of rotatable bonds is 4. The van der Waals surface area contributed by atoms with Gasteiger partial charge in [-0.05, 0) is 25.1 Å². The highest BCUT2D eigenvalue weighted by Crippen LogP contribution is 2.15. The van der Waals surface area contributed by atoms with E-state index in [0.29, 0.717) is 6.54 Å². The van der Waals surface area contributed by atoms with Gasteiger partial charge in [0, 0.05) is 15.7 Å². The van der Waals surface area contributed by atoms with Gasteiger partial charge in [0.2, 0.25) is 0 Å². The van der Waals surface area contributed by atoms with Crippen LogP contribution < -0.4 is 5.32 Å². The van der Waals surface area contributed by atoms with Crippen LogP contribution in [0.1, 0.15) is 15.9 Å². The Bertz CT molecular complexity index is 549. The number of aryl methyl sites for hydroxylation is 1. The number of ketones is 1. The Morgan fingerprint density at radius 3 is 2.56 bits per heavy atom. The molecule has 18 heavy (non-hydrogen) atoms. The molecule has 0 radical (unpaired) electrons. The number of benzene rings is 2. The summed E-state index contributed by atoms with van der Waals surface area (Å²) in [6.45, 7) is 2.31. The van der Waals surface area contributed by atoms with Crippen LogP contribution in [-0.2, 0) is 0 Å². The topological polar surface area (TPSA) is 29.1 Å². The van der Waals surface area contributed by atoms with Gasteiger partial charge in [0.15, 0.2) is 5.78 Å². The molecule has 0 heterocycles. The monoisotopic (exact) mass is 303 g/mol. The first kappa shape index (κ1) is 12.8. The van der Waals surface area contributed by atoms with Crippen molar-refractivity contribution in [3.05, 3.63) is 64.1 Å². The quantitative estimate of drug-likeness (QED) is 0.863. The van der Waals surface area contributed by atoms with E-state index in [1.807, 2.05) is 55.5 Å². The maximum atomic E-state index is 11.9. The highest BCUT2D eigenvalue weighted by Gasteiger charge is 2.04. The zero-order chi connectivity index (χ0) is 13.0. The van der Waals surface area contributed by atoms with Gasteiger partial charge in [-0.3, -0.25) is 4.79 Å². The minimum absolute atomic E-state index is 0.0926. The van der Waals surface area contributed by atoms with E-state index in [1.165, 1.54) is 0 Å². The minimum atomic E-state index is 0.0926. The van der Waals surface area contributed by atoms with Crippen molar-refractivity contribution in [3.8, 4) is 0 Å². The van der Waals surface area contributed by atoms with Crippen LogP contribution in [0.3, 0.4) is 0 Å². The SMILES string of the molecule is Cc1ccc(C(=O)CNc2cccc(Br)c2)cc1. The van der Waals surface area contributed by atoms with E-state index in [0.717, 1.165) is 21.3 Å². The predicted octanol–water partition coefficient (Wildman–Crippen LogP) is 4.05. The third-order valence-corrected chi connectivity index (χ3v) is 3.14. The first-order valence-corrected chi connectivity index (χ1v) is 6.54. The number of nitrogens with one attached hydrogen (secondary N) is 1. The number of hydrogen-bond donors (Lipinski definition) is 1. The molecule has 1 N–H and O–H groups in total. The molecule has 0 fully saturated rings. The summed E-state index contributed by atoms with van der Waals surface area (Å²) < 4.78 is 0.996. The molecule has 0 aromatic heterocycles. The van der Waals surface area contributed by atoms with Gasteiger partial charge >= 0.3 is 0 Å². The third-order valence-electron chi connectivity index (χ3n) is 2.65. The molecule has 0 unspecified atom stereocenters. The van der Waals surface area contributed by atoms with E-state index in [4.69, 9.17) is 0 Å². The molecule has 0 aliphatic heterocycles. The molecule has 0 bridgehead atoms. The Kier molecular flexibility index (Phi) is 4.15. The van der Waals surface area contributed by atoms with Gasteiger partial charge in [-0.2, -0.15) is 0 Å². The third kappa shape index (κ3) is 3.44. The predicted molar refractivity (Wildman–Crippen MR) is 78.1 cm³/mol. The molecular formula is C15H14BrNO. The van der Waals surface area contributed by atoms with Crippen molar-refractivity contribution in [1.82, 2.24) is 0 Å². The molecule has 2 aromatic carbocycles. The number of carbonyl (C=O) groups excluding carboxylic acids is 1. The van der Waals surface area contributed by atoms with Gasteiger partial charge in [-0.15, -0.1) is 0 Å². The molecule has 0 amide bonds. The second-order valence-electron chi connectivity index (χ2n) is 4.15. The summed E-state index contributed by atoms with van der Waals surface area (Å²) in [4.78, 5) is 11.9. The summed E-state index contributed by atoms with van der Waals surface area (Å²) >= 11 is 3.40. The van der Waals surface area contributed by atoms with Crippen LogP contribution in [0.15, 0.2) is 53.0 Å². The lowest BCUT2D eigenvalue weighted by atomic mass is 10.1. The number of carbonyl (C=O) groups is 1. The summed E-state index contributed by atoms with van der Waals surface area (Å²) in [7, 11) is 0. The highest BCUT2D eigenvalue weighted by molar-refractivity contribution is 9.10. The van der Waals surface area contributed by atoms with E-state index in [9.17, 15) is 4.79 Å². The van der Waals surface area contributed by atoms with Crippen LogP contribution in [0.4, 0.5) is 5.69 Å². The summed E-state index contributed by atoms with van der Waals surface area (Å²) in [6.07, 6.45) is 0. The lowest BCUT2D eigenvalue weighted by molar-refractivity contribution is 0.101. The van der Waals surface area contributed by atoms with Crippen LogP contribution in [0.2, 0.25) is 0 Å². The fourth-order valence-corrected chi connectivity index (χ4v) is 2.02. The molecule has 0 spiro atoms. The summed E-state index contributed by atoms with van der Waals surface area (Å²) in [5.41, 5.74) is 2.83. The van der Waals surface area contributed by atoms with Crippen molar-refractivity contribution in [2.75, 3.05) is 11.9 Å². The van der Waals surface area contributed by atoms with Crippen LogP contribution in [0, 0.1) is 6.92 Å². The largest absolute Gasteiger partial charge is 0.378 e. The Balaban J connectivity index is 1.98. The highest BCUT2D eigenvalue weighted by atomic mass is 79.9. The summed E-state index contributed by atoms with van der Waals surface area (Å²) in [5.74, 6) is 0.0926. The first-order valence-electron chi connectivity index (χ1n) is 5.74. The molecule has 0 aliphatic carbocycles. The number of anilines is 1. The van der Waals surface area contributed by atoms with Gasteiger partial charge in [-0.25, -0.2) is 0 Å². The number of halogens is 1. The van der Waals surface area contributed by atoms with Crippen molar-refractivity contribution in [2.24, 2.45) is 0 Å². The van der Waals surface area contributed by atoms with Crippen LogP contribution >= 0.6 is 15.9 Å². The summed E-state index contributed by atoms with van der Waals surface area (Å²) in [6, 6.07) is 15.4. The van der Waals surface area contributed by atoms with Gasteiger partial charge in [0.1, 0.15) is 0 Å². The molecule has 3 heteroatoms. The second kappa shape index (κ2) is 5.83. The standard InChI is InChI=1S/C15H14BrNO/c1-11-5-7-12(8-6-11)15(18)10-17-14-4-2-3-13(16)9-14/h2-9,17H,10H2,1H3. The van der Waals surface area contributed by atoms with Gasteiger partial charge in [-0.1, -0.05) is 51.8 Å². The fraction of sp³-hybridized carbons (Fsp3) is 0.133. The van der Waals surface area contributed by atoms with Gasteiger partial charge < -0.3 is 5.32 Å². The first-order chi connectivity index (χ1) is 8.65.